The Bertz CT molecular complexity index is 1110. The zero-order valence-corrected chi connectivity index (χ0v) is 21.1. The molecule has 3 aromatic rings. The van der Waals surface area contributed by atoms with Crippen molar-refractivity contribution >= 4 is 45.6 Å². The highest BCUT2D eigenvalue weighted by atomic mass is 79.9. The summed E-state index contributed by atoms with van der Waals surface area (Å²) in [6.07, 6.45) is 1.67. The quantitative estimate of drug-likeness (QED) is 0.163. The third-order valence-corrected chi connectivity index (χ3v) is 5.82. The molecule has 0 fully saturated rings. The van der Waals surface area contributed by atoms with E-state index in [9.17, 15) is 9.90 Å². The van der Waals surface area contributed by atoms with Crippen molar-refractivity contribution in [3.05, 3.63) is 88.5 Å². The first-order valence-corrected chi connectivity index (χ1v) is 11.3. The van der Waals surface area contributed by atoms with Crippen LogP contribution >= 0.6 is 28.6 Å². The second-order valence-corrected chi connectivity index (χ2v) is 8.05. The third kappa shape index (κ3) is 8.79. The molecule has 0 aliphatic rings. The lowest BCUT2D eigenvalue weighted by molar-refractivity contribution is -0.137. The Labute approximate surface area is 208 Å². The van der Waals surface area contributed by atoms with E-state index in [1.54, 1.807) is 24.4 Å². The summed E-state index contributed by atoms with van der Waals surface area (Å²) in [5.74, 6) is 0.694. The van der Waals surface area contributed by atoms with E-state index in [1.165, 1.54) is 19.6 Å². The molecule has 5 nitrogen and oxygen atoms in total. The Kier molecular flexibility index (Phi) is 10.7. The van der Waals surface area contributed by atoms with Gasteiger partial charge in [-0.3, -0.25) is 4.79 Å². The number of aryl methyl sites for hydroxylation is 1. The van der Waals surface area contributed by atoms with E-state index in [-0.39, 0.29) is 11.7 Å². The number of hydrogen-bond donors (Lipinski definition) is 2. The van der Waals surface area contributed by atoms with Crippen LogP contribution in [0, 0.1) is 6.92 Å². The van der Waals surface area contributed by atoms with Crippen LogP contribution < -0.4 is 4.74 Å². The second kappa shape index (κ2) is 13.5. The first-order valence-electron chi connectivity index (χ1n) is 10.1. The van der Waals surface area contributed by atoms with Gasteiger partial charge in [-0.25, -0.2) is 4.99 Å². The molecule has 0 heterocycles. The Morgan fingerprint density at radius 3 is 2.24 bits per heavy atom. The molecule has 33 heavy (non-hydrogen) atoms. The molecular formula is C26H26BrNO4S. The number of ether oxygens (including phenoxy) is 2. The molecule has 7 heteroatoms. The van der Waals surface area contributed by atoms with E-state index in [1.807, 2.05) is 37.3 Å². The summed E-state index contributed by atoms with van der Waals surface area (Å²) in [6, 6.07) is 23.5. The monoisotopic (exact) mass is 527 g/mol. The van der Waals surface area contributed by atoms with Crippen LogP contribution in [0.1, 0.15) is 18.1 Å². The average Bonchev–Trinajstić information content (AvgIpc) is 2.84. The third-order valence-electron chi connectivity index (χ3n) is 4.45. The molecule has 1 N–H and O–H groups in total. The zero-order chi connectivity index (χ0) is 24.2. The van der Waals surface area contributed by atoms with Gasteiger partial charge in [0.15, 0.2) is 0 Å². The highest BCUT2D eigenvalue weighted by molar-refractivity contribution is 9.12. The van der Waals surface area contributed by atoms with Crippen molar-refractivity contribution in [3.8, 4) is 22.6 Å². The van der Waals surface area contributed by atoms with Gasteiger partial charge in [-0.2, -0.15) is 0 Å². The fourth-order valence-electron chi connectivity index (χ4n) is 2.60. The molecule has 0 unspecified atom stereocenters. The first kappa shape index (κ1) is 26.2. The number of halogens is 1. The van der Waals surface area contributed by atoms with Crippen LogP contribution in [0.4, 0.5) is 0 Å². The Hall–Kier alpha value is -3.03. The number of hydrogen-bond acceptors (Lipinski definition) is 6. The van der Waals surface area contributed by atoms with Gasteiger partial charge in [0.1, 0.15) is 22.7 Å². The van der Waals surface area contributed by atoms with E-state index in [4.69, 9.17) is 4.74 Å². The maximum atomic E-state index is 9.59. The summed E-state index contributed by atoms with van der Waals surface area (Å²) >= 11 is 8.05. The number of methoxy groups -OCH3 is 1. The number of thiol groups is 1. The van der Waals surface area contributed by atoms with Crippen molar-refractivity contribution in [2.24, 2.45) is 4.99 Å². The van der Waals surface area contributed by atoms with Crippen molar-refractivity contribution in [2.75, 3.05) is 13.7 Å². The van der Waals surface area contributed by atoms with Gasteiger partial charge in [-0.05, 0) is 63.3 Å². The molecule has 3 aromatic carbocycles. The summed E-state index contributed by atoms with van der Waals surface area (Å²) < 4.78 is 10.4. The van der Waals surface area contributed by atoms with E-state index >= 15 is 0 Å². The van der Waals surface area contributed by atoms with Crippen LogP contribution in [0.15, 0.2) is 82.4 Å². The summed E-state index contributed by atoms with van der Waals surface area (Å²) in [5, 5.41) is 9.54. The molecule has 0 bridgehead atoms. The minimum Gasteiger partial charge on any atom is -0.508 e. The summed E-state index contributed by atoms with van der Waals surface area (Å²) in [5.41, 5.74) is 4.08. The van der Waals surface area contributed by atoms with E-state index in [2.05, 4.69) is 62.6 Å². The SMILES string of the molecule is COC(C)=O.Cc1cc(OC/C=N/C(Br)=C(\S)c2ccc(-c3ccccc3)cc2)ccc1O. The van der Waals surface area contributed by atoms with Crippen LogP contribution in [0.5, 0.6) is 11.5 Å². The van der Waals surface area contributed by atoms with Gasteiger partial charge in [-0.15, -0.1) is 12.6 Å². The molecule has 0 atom stereocenters. The molecule has 0 aliphatic carbocycles. The Morgan fingerprint density at radius 2 is 1.67 bits per heavy atom. The van der Waals surface area contributed by atoms with Gasteiger partial charge < -0.3 is 14.6 Å². The fourth-order valence-corrected chi connectivity index (χ4v) is 3.18. The van der Waals surface area contributed by atoms with Crippen molar-refractivity contribution in [1.82, 2.24) is 0 Å². The predicted molar refractivity (Wildman–Crippen MR) is 141 cm³/mol. The number of aliphatic imine (C=N–C) groups is 1. The zero-order valence-electron chi connectivity index (χ0n) is 18.7. The molecule has 0 spiro atoms. The van der Waals surface area contributed by atoms with Crippen LogP contribution in [0.25, 0.3) is 16.0 Å². The average molecular weight is 528 g/mol. The number of rotatable bonds is 6. The number of carbonyl (C=O) groups is 1. The number of phenolic OH excluding ortho intramolecular Hbond substituents is 1. The van der Waals surface area contributed by atoms with Crippen molar-refractivity contribution in [2.45, 2.75) is 13.8 Å². The van der Waals surface area contributed by atoms with Gasteiger partial charge in [0, 0.05) is 18.0 Å². The predicted octanol–water partition coefficient (Wildman–Crippen LogP) is 6.65. The lowest BCUT2D eigenvalue weighted by Gasteiger charge is -2.06. The maximum absolute atomic E-state index is 9.59. The molecule has 3 rings (SSSR count). The number of benzene rings is 3. The lowest BCUT2D eigenvalue weighted by Crippen LogP contribution is -1.98. The van der Waals surface area contributed by atoms with Crippen LogP contribution in [0.3, 0.4) is 0 Å². The standard InChI is InChI=1S/C23H20BrNO2S.C3H6O2/c1-16-15-20(11-12-21(16)26)27-14-13-25-23(24)22(28)19-9-7-18(8-10-19)17-5-3-2-4-6-17;1-3(4)5-2/h2-13,15,26,28H,14H2,1H3;1-2H3/b23-22-,25-13+;. The number of phenols is 1. The smallest absolute Gasteiger partial charge is 0.302 e. The molecule has 0 amide bonds. The topological polar surface area (TPSA) is 68.1 Å². The summed E-state index contributed by atoms with van der Waals surface area (Å²) in [6.45, 7) is 3.50. The minimum absolute atomic E-state index is 0.245. The number of esters is 1. The second-order valence-electron chi connectivity index (χ2n) is 6.85. The normalized spacial score (nSPS) is 11.3. The van der Waals surface area contributed by atoms with Crippen LogP contribution in [-0.2, 0) is 9.53 Å². The van der Waals surface area contributed by atoms with Crippen molar-refractivity contribution in [1.29, 1.82) is 0 Å². The Morgan fingerprint density at radius 1 is 1.06 bits per heavy atom. The van der Waals surface area contributed by atoms with Crippen LogP contribution in [0.2, 0.25) is 0 Å². The molecule has 0 aromatic heterocycles. The minimum atomic E-state index is -0.245. The highest BCUT2D eigenvalue weighted by Crippen LogP contribution is 2.29. The number of carbonyl (C=O) groups excluding carboxylic acids is 1. The van der Waals surface area contributed by atoms with E-state index in [0.29, 0.717) is 17.0 Å². The molecule has 0 saturated heterocycles. The molecule has 0 aliphatic heterocycles. The lowest BCUT2D eigenvalue weighted by atomic mass is 10.0. The summed E-state index contributed by atoms with van der Waals surface area (Å²) in [7, 11) is 1.35. The largest absolute Gasteiger partial charge is 0.508 e. The van der Waals surface area contributed by atoms with Gasteiger partial charge in [0.05, 0.1) is 7.11 Å². The molecule has 0 radical (unpaired) electrons. The molecular weight excluding hydrogens is 502 g/mol. The summed E-state index contributed by atoms with van der Waals surface area (Å²) in [4.78, 5) is 14.7. The number of aromatic hydroxyl groups is 1. The molecule has 172 valence electrons. The van der Waals surface area contributed by atoms with Gasteiger partial charge in [0.25, 0.3) is 0 Å². The van der Waals surface area contributed by atoms with Crippen LogP contribution in [-0.4, -0.2) is 31.0 Å². The fraction of sp³-hybridized carbons (Fsp3) is 0.154. The van der Waals surface area contributed by atoms with E-state index < -0.39 is 0 Å². The van der Waals surface area contributed by atoms with Gasteiger partial charge in [-0.1, -0.05) is 54.6 Å². The number of nitrogens with zero attached hydrogens (tertiary/aromatic N) is 1. The molecule has 0 saturated carbocycles. The van der Waals surface area contributed by atoms with Gasteiger partial charge in [0.2, 0.25) is 0 Å². The highest BCUT2D eigenvalue weighted by Gasteiger charge is 2.04. The van der Waals surface area contributed by atoms with E-state index in [0.717, 1.165) is 21.6 Å². The van der Waals surface area contributed by atoms with Crippen molar-refractivity contribution < 1.29 is 19.4 Å². The van der Waals surface area contributed by atoms with Crippen molar-refractivity contribution in [3.63, 3.8) is 0 Å². The Balaban J connectivity index is 0.000000696. The first-order chi connectivity index (χ1) is 15.8. The van der Waals surface area contributed by atoms with Gasteiger partial charge >= 0.3 is 5.97 Å². The maximum Gasteiger partial charge on any atom is 0.302 e.